The molecule has 2 N–H and O–H groups in total. The van der Waals surface area contributed by atoms with Crippen LogP contribution in [0.2, 0.25) is 0 Å². The van der Waals surface area contributed by atoms with Crippen LogP contribution in [-0.4, -0.2) is 37.0 Å². The predicted molar refractivity (Wildman–Crippen MR) is 55.6 cm³/mol. The number of aromatic nitrogens is 5. The van der Waals surface area contributed by atoms with Gasteiger partial charge < -0.3 is 0 Å². The van der Waals surface area contributed by atoms with E-state index >= 15 is 0 Å². The van der Waals surface area contributed by atoms with Crippen molar-refractivity contribution in [3.63, 3.8) is 0 Å². The van der Waals surface area contributed by atoms with Crippen molar-refractivity contribution in [2.45, 2.75) is 5.16 Å². The Morgan fingerprint density at radius 3 is 3.27 bits per heavy atom. The minimum absolute atomic E-state index is 0.145. The lowest BCUT2D eigenvalue weighted by Gasteiger charge is -1.98. The van der Waals surface area contributed by atoms with Crippen LogP contribution in [0.5, 0.6) is 0 Å². The summed E-state index contributed by atoms with van der Waals surface area (Å²) < 4.78 is 0. The van der Waals surface area contributed by atoms with Gasteiger partial charge in [0.2, 0.25) is 11.0 Å². The fourth-order valence-corrected chi connectivity index (χ4v) is 1.82. The van der Waals surface area contributed by atoms with E-state index in [0.29, 0.717) is 10.3 Å². The van der Waals surface area contributed by atoms with Gasteiger partial charge in [-0.05, 0) is 0 Å². The molecule has 2 aromatic heterocycles. The molecule has 0 aromatic carbocycles. The van der Waals surface area contributed by atoms with Crippen LogP contribution in [0.3, 0.4) is 0 Å². The van der Waals surface area contributed by atoms with Crippen molar-refractivity contribution >= 4 is 34.1 Å². The van der Waals surface area contributed by atoms with E-state index in [-0.39, 0.29) is 11.7 Å². The minimum atomic E-state index is -0.145. The Hall–Kier alpha value is -1.48. The van der Waals surface area contributed by atoms with E-state index in [1.54, 1.807) is 5.51 Å². The molecular weight excluding hydrogens is 236 g/mol. The van der Waals surface area contributed by atoms with Crippen molar-refractivity contribution in [2.75, 3.05) is 11.1 Å². The number of thioether (sulfide) groups is 1. The van der Waals surface area contributed by atoms with E-state index in [2.05, 4.69) is 30.7 Å². The lowest BCUT2D eigenvalue weighted by Crippen LogP contribution is -2.13. The van der Waals surface area contributed by atoms with Gasteiger partial charge in [-0.2, -0.15) is 5.10 Å². The van der Waals surface area contributed by atoms with Gasteiger partial charge >= 0.3 is 0 Å². The molecule has 0 bridgehead atoms. The molecule has 15 heavy (non-hydrogen) atoms. The fraction of sp³-hybridized carbons (Fsp3) is 0.167. The topological polar surface area (TPSA) is 96.5 Å². The summed E-state index contributed by atoms with van der Waals surface area (Å²) in [6.07, 6.45) is 1.39. The van der Waals surface area contributed by atoms with Gasteiger partial charge in [-0.15, -0.1) is 10.2 Å². The number of nitrogens with one attached hydrogen (secondary N) is 2. The molecular formula is C6H6N6OS2. The summed E-state index contributed by atoms with van der Waals surface area (Å²) in [5, 5.41) is 17.3. The highest BCUT2D eigenvalue weighted by atomic mass is 32.2. The molecule has 0 atom stereocenters. The molecule has 0 aliphatic carbocycles. The quantitative estimate of drug-likeness (QED) is 0.753. The molecule has 2 aromatic rings. The van der Waals surface area contributed by atoms with Crippen LogP contribution in [0.15, 0.2) is 17.0 Å². The molecule has 0 unspecified atom stereocenters. The van der Waals surface area contributed by atoms with Gasteiger partial charge in [0.05, 0.1) is 5.75 Å². The Labute approximate surface area is 92.7 Å². The number of amides is 1. The summed E-state index contributed by atoms with van der Waals surface area (Å²) in [5.74, 6) is 0.113. The first-order valence-electron chi connectivity index (χ1n) is 3.89. The van der Waals surface area contributed by atoms with Gasteiger partial charge in [-0.1, -0.05) is 23.1 Å². The number of carbonyl (C=O) groups excluding carboxylic acids is 1. The highest BCUT2D eigenvalue weighted by molar-refractivity contribution is 7.99. The van der Waals surface area contributed by atoms with Gasteiger partial charge in [0.15, 0.2) is 5.16 Å². The molecule has 78 valence electrons. The largest absolute Gasteiger partial charge is 0.300 e. The van der Waals surface area contributed by atoms with Crippen molar-refractivity contribution in [3.8, 4) is 0 Å². The maximum atomic E-state index is 11.4. The summed E-state index contributed by atoms with van der Waals surface area (Å²) in [5.41, 5.74) is 1.55. The van der Waals surface area contributed by atoms with Crippen LogP contribution in [0, 0.1) is 0 Å². The maximum Gasteiger partial charge on any atom is 0.236 e. The molecule has 7 nitrogen and oxygen atoms in total. The molecule has 9 heteroatoms. The monoisotopic (exact) mass is 242 g/mol. The summed E-state index contributed by atoms with van der Waals surface area (Å²) in [6.45, 7) is 0. The summed E-state index contributed by atoms with van der Waals surface area (Å²) in [7, 11) is 0. The lowest BCUT2D eigenvalue weighted by atomic mass is 10.7. The van der Waals surface area contributed by atoms with Crippen LogP contribution in [0.4, 0.5) is 5.13 Å². The zero-order chi connectivity index (χ0) is 10.5. The van der Waals surface area contributed by atoms with E-state index in [1.165, 1.54) is 29.4 Å². The minimum Gasteiger partial charge on any atom is -0.300 e. The van der Waals surface area contributed by atoms with Crippen molar-refractivity contribution in [2.24, 2.45) is 0 Å². The highest BCUT2D eigenvalue weighted by Crippen LogP contribution is 2.12. The predicted octanol–water partition coefficient (Wildman–Crippen LogP) is 0.387. The lowest BCUT2D eigenvalue weighted by molar-refractivity contribution is -0.113. The van der Waals surface area contributed by atoms with Crippen LogP contribution < -0.4 is 5.32 Å². The Morgan fingerprint density at radius 2 is 2.60 bits per heavy atom. The molecule has 1 amide bonds. The molecule has 0 fully saturated rings. The van der Waals surface area contributed by atoms with Crippen molar-refractivity contribution in [1.82, 2.24) is 25.4 Å². The summed E-state index contributed by atoms with van der Waals surface area (Å²) in [4.78, 5) is 15.2. The zero-order valence-corrected chi connectivity index (χ0v) is 9.01. The van der Waals surface area contributed by atoms with Crippen molar-refractivity contribution < 1.29 is 4.79 Å². The number of anilines is 1. The average molecular weight is 242 g/mol. The molecule has 2 rings (SSSR count). The second kappa shape index (κ2) is 4.84. The molecule has 0 spiro atoms. The second-order valence-electron chi connectivity index (χ2n) is 2.37. The first-order chi connectivity index (χ1) is 7.34. The van der Waals surface area contributed by atoms with E-state index in [1.807, 2.05) is 0 Å². The fourth-order valence-electron chi connectivity index (χ4n) is 0.781. The summed E-state index contributed by atoms with van der Waals surface area (Å²) in [6, 6.07) is 0. The standard InChI is InChI=1S/C6H6N6OS2/c13-4(10-6-12-9-3-15-6)1-14-5-7-2-8-11-5/h2-3H,1H2,(H,7,8,11)(H,10,12,13). The number of rotatable bonds is 4. The zero-order valence-electron chi connectivity index (χ0n) is 7.38. The van der Waals surface area contributed by atoms with Gasteiger partial charge in [-0.3, -0.25) is 15.2 Å². The van der Waals surface area contributed by atoms with E-state index in [9.17, 15) is 4.79 Å². The maximum absolute atomic E-state index is 11.4. The van der Waals surface area contributed by atoms with Gasteiger partial charge in [0, 0.05) is 0 Å². The Kier molecular flexibility index (Phi) is 3.25. The van der Waals surface area contributed by atoms with Crippen LogP contribution in [0.25, 0.3) is 0 Å². The van der Waals surface area contributed by atoms with Crippen molar-refractivity contribution in [3.05, 3.63) is 11.8 Å². The number of hydrogen-bond donors (Lipinski definition) is 2. The molecule has 0 aliphatic rings. The third kappa shape index (κ3) is 2.99. The number of aromatic amines is 1. The van der Waals surface area contributed by atoms with Crippen LogP contribution in [-0.2, 0) is 4.79 Å². The van der Waals surface area contributed by atoms with Gasteiger partial charge in [0.1, 0.15) is 11.8 Å². The van der Waals surface area contributed by atoms with Gasteiger partial charge in [-0.25, -0.2) is 4.98 Å². The first kappa shape index (κ1) is 10.1. The molecule has 0 radical (unpaired) electrons. The van der Waals surface area contributed by atoms with E-state index < -0.39 is 0 Å². The van der Waals surface area contributed by atoms with Crippen molar-refractivity contribution in [1.29, 1.82) is 0 Å². The smallest absolute Gasteiger partial charge is 0.236 e. The number of H-pyrrole nitrogens is 1. The highest BCUT2D eigenvalue weighted by Gasteiger charge is 2.06. The third-order valence-electron chi connectivity index (χ3n) is 1.34. The molecule has 0 saturated carbocycles. The van der Waals surface area contributed by atoms with Gasteiger partial charge in [0.25, 0.3) is 0 Å². The molecule has 2 heterocycles. The number of nitrogens with zero attached hydrogens (tertiary/aromatic N) is 4. The normalized spacial score (nSPS) is 10.1. The second-order valence-corrected chi connectivity index (χ2v) is 4.17. The van der Waals surface area contributed by atoms with E-state index in [0.717, 1.165) is 0 Å². The number of carbonyl (C=O) groups is 1. The Bertz CT molecular complexity index is 413. The molecule has 0 saturated heterocycles. The summed E-state index contributed by atoms with van der Waals surface area (Å²) >= 11 is 2.55. The van der Waals surface area contributed by atoms with Crippen LogP contribution >= 0.6 is 23.1 Å². The van der Waals surface area contributed by atoms with Crippen LogP contribution in [0.1, 0.15) is 0 Å². The molecule has 0 aliphatic heterocycles. The third-order valence-corrected chi connectivity index (χ3v) is 2.82. The number of hydrogen-bond acceptors (Lipinski definition) is 7. The Balaban J connectivity index is 1.78. The Morgan fingerprint density at radius 1 is 1.67 bits per heavy atom. The SMILES string of the molecule is O=C(CSc1ncn[nH]1)Nc1nncs1. The first-order valence-corrected chi connectivity index (χ1v) is 5.75. The average Bonchev–Trinajstić information content (AvgIpc) is 2.86. The van der Waals surface area contributed by atoms with E-state index in [4.69, 9.17) is 0 Å².